The fourth-order valence-corrected chi connectivity index (χ4v) is 5.07. The minimum absolute atomic E-state index is 0.0922. The molecule has 2 fully saturated rings. The molecule has 3 heterocycles. The first-order valence-corrected chi connectivity index (χ1v) is 12.4. The molecule has 1 saturated heterocycles. The van der Waals surface area contributed by atoms with Crippen LogP contribution in [-0.2, 0) is 11.3 Å². The maximum atomic E-state index is 13.0. The number of thiazole rings is 1. The van der Waals surface area contributed by atoms with Crippen LogP contribution >= 0.6 is 11.3 Å². The fraction of sp³-hybridized carbons (Fsp3) is 0.440. The van der Waals surface area contributed by atoms with Crippen LogP contribution in [0.15, 0.2) is 36.8 Å². The van der Waals surface area contributed by atoms with Crippen molar-refractivity contribution in [1.82, 2.24) is 20.3 Å². The molecule has 1 amide bonds. The number of hydrogen-bond donors (Lipinski definition) is 1. The average molecular weight is 465 g/mol. The van der Waals surface area contributed by atoms with Crippen LogP contribution in [0.25, 0.3) is 10.6 Å². The first-order valence-electron chi connectivity index (χ1n) is 11.6. The highest BCUT2D eigenvalue weighted by atomic mass is 32.1. The number of amides is 1. The van der Waals surface area contributed by atoms with Crippen LogP contribution in [0.2, 0.25) is 0 Å². The normalized spacial score (nSPS) is 16.9. The molecule has 1 aliphatic heterocycles. The van der Waals surface area contributed by atoms with Gasteiger partial charge in [-0.1, -0.05) is 6.42 Å². The van der Waals surface area contributed by atoms with E-state index in [0.717, 1.165) is 29.1 Å². The van der Waals surface area contributed by atoms with Crippen LogP contribution in [0.4, 0.5) is 0 Å². The van der Waals surface area contributed by atoms with Crippen molar-refractivity contribution < 1.29 is 14.3 Å². The Morgan fingerprint density at radius 1 is 1.09 bits per heavy atom. The van der Waals surface area contributed by atoms with Crippen molar-refractivity contribution in [3.05, 3.63) is 58.6 Å². The molecular weight excluding hydrogens is 436 g/mol. The number of carbonyl (C=O) groups excluding carboxylic acids is 1. The molecule has 0 atom stereocenters. The van der Waals surface area contributed by atoms with E-state index in [1.807, 2.05) is 31.3 Å². The molecule has 1 aromatic carbocycles. The quantitative estimate of drug-likeness (QED) is 0.547. The van der Waals surface area contributed by atoms with Crippen molar-refractivity contribution in [2.75, 3.05) is 13.2 Å². The summed E-state index contributed by atoms with van der Waals surface area (Å²) in [5.74, 6) is 1.16. The molecule has 1 N–H and O–H groups in total. The van der Waals surface area contributed by atoms with Crippen molar-refractivity contribution in [1.29, 1.82) is 0 Å². The van der Waals surface area contributed by atoms with Crippen LogP contribution in [0.5, 0.6) is 5.75 Å². The van der Waals surface area contributed by atoms with E-state index in [9.17, 15) is 4.79 Å². The molecular formula is C25H28N4O3S. The van der Waals surface area contributed by atoms with E-state index in [4.69, 9.17) is 9.47 Å². The molecule has 0 spiro atoms. The van der Waals surface area contributed by atoms with E-state index in [0.29, 0.717) is 42.7 Å². The van der Waals surface area contributed by atoms with Crippen molar-refractivity contribution in [3.8, 4) is 16.3 Å². The molecule has 0 bridgehead atoms. The number of hydrogen-bond acceptors (Lipinski definition) is 7. The van der Waals surface area contributed by atoms with Gasteiger partial charge in [-0.25, -0.2) is 4.98 Å². The SMILES string of the molecule is Cc1cnc(CNC(=O)c2cc(OC3CCOCC3)cc(-c3ncc(C4CCC4)s3)c2)cn1. The molecule has 1 saturated carbocycles. The Bertz CT molecular complexity index is 1110. The zero-order valence-electron chi connectivity index (χ0n) is 18.8. The molecule has 7 nitrogen and oxygen atoms in total. The van der Waals surface area contributed by atoms with E-state index >= 15 is 0 Å². The number of nitrogens with one attached hydrogen (secondary N) is 1. The highest BCUT2D eigenvalue weighted by Crippen LogP contribution is 2.41. The summed E-state index contributed by atoms with van der Waals surface area (Å²) in [7, 11) is 0. The highest BCUT2D eigenvalue weighted by molar-refractivity contribution is 7.15. The van der Waals surface area contributed by atoms with Gasteiger partial charge in [0.2, 0.25) is 0 Å². The van der Waals surface area contributed by atoms with E-state index in [1.54, 1.807) is 23.7 Å². The van der Waals surface area contributed by atoms with E-state index in [-0.39, 0.29) is 12.0 Å². The first kappa shape index (κ1) is 22.0. The average Bonchev–Trinajstić information content (AvgIpc) is 3.27. The minimum atomic E-state index is -0.174. The number of benzene rings is 1. The Hall–Kier alpha value is -2.84. The van der Waals surface area contributed by atoms with Crippen molar-refractivity contribution in [3.63, 3.8) is 0 Å². The number of carbonyl (C=O) groups is 1. The Labute approximate surface area is 197 Å². The summed E-state index contributed by atoms with van der Waals surface area (Å²) < 4.78 is 11.7. The van der Waals surface area contributed by atoms with Crippen LogP contribution in [0, 0.1) is 6.92 Å². The third-order valence-corrected chi connectivity index (χ3v) is 7.39. The first-order chi connectivity index (χ1) is 16.1. The third-order valence-electron chi connectivity index (χ3n) is 6.18. The van der Waals surface area contributed by atoms with E-state index in [2.05, 4.69) is 20.3 Å². The van der Waals surface area contributed by atoms with E-state index in [1.165, 1.54) is 24.1 Å². The monoisotopic (exact) mass is 464 g/mol. The zero-order chi connectivity index (χ0) is 22.6. The Morgan fingerprint density at radius 3 is 2.67 bits per heavy atom. The molecule has 33 heavy (non-hydrogen) atoms. The van der Waals surface area contributed by atoms with Crippen LogP contribution in [-0.4, -0.2) is 40.2 Å². The molecule has 8 heteroatoms. The van der Waals surface area contributed by atoms with Gasteiger partial charge in [0.25, 0.3) is 5.91 Å². The van der Waals surface area contributed by atoms with Gasteiger partial charge in [0, 0.05) is 41.2 Å². The summed E-state index contributed by atoms with van der Waals surface area (Å²) in [6.45, 7) is 3.60. The predicted octanol–water partition coefficient (Wildman–Crippen LogP) is 4.66. The molecule has 0 radical (unpaired) electrons. The second kappa shape index (κ2) is 9.97. The predicted molar refractivity (Wildman–Crippen MR) is 127 cm³/mol. The number of aromatic nitrogens is 3. The van der Waals surface area contributed by atoms with Crippen molar-refractivity contribution in [2.24, 2.45) is 0 Å². The second-order valence-corrected chi connectivity index (χ2v) is 9.77. The van der Waals surface area contributed by atoms with Gasteiger partial charge in [0.05, 0.1) is 37.3 Å². The molecule has 2 aliphatic rings. The zero-order valence-corrected chi connectivity index (χ0v) is 19.6. The van der Waals surface area contributed by atoms with Gasteiger partial charge in [0.1, 0.15) is 16.9 Å². The topological polar surface area (TPSA) is 86.2 Å². The minimum Gasteiger partial charge on any atom is -0.490 e. The fourth-order valence-electron chi connectivity index (χ4n) is 3.99. The van der Waals surface area contributed by atoms with Crippen molar-refractivity contribution in [2.45, 2.75) is 57.6 Å². The van der Waals surface area contributed by atoms with Gasteiger partial charge >= 0.3 is 0 Å². The van der Waals surface area contributed by atoms with Gasteiger partial charge in [-0.2, -0.15) is 0 Å². The lowest BCUT2D eigenvalue weighted by molar-refractivity contribution is 0.0255. The number of ether oxygens (including phenoxy) is 2. The Kier molecular flexibility index (Phi) is 6.64. The Balaban J connectivity index is 1.38. The lowest BCUT2D eigenvalue weighted by Crippen LogP contribution is -2.26. The van der Waals surface area contributed by atoms with Crippen molar-refractivity contribution >= 4 is 17.2 Å². The summed E-state index contributed by atoms with van der Waals surface area (Å²) in [6, 6.07) is 5.72. The summed E-state index contributed by atoms with van der Waals surface area (Å²) >= 11 is 1.72. The van der Waals surface area contributed by atoms with Gasteiger partial charge in [-0.3, -0.25) is 14.8 Å². The number of rotatable bonds is 7. The van der Waals surface area contributed by atoms with Gasteiger partial charge < -0.3 is 14.8 Å². The lowest BCUT2D eigenvalue weighted by atomic mass is 9.85. The standard InChI is InChI=1S/C25H28N4O3S/c1-16-12-27-20(13-26-16)14-28-24(30)18-9-19(25-29-15-23(33-25)17-3-2-4-17)11-22(10-18)32-21-5-7-31-8-6-21/h9-13,15,17,21H,2-8,14H2,1H3,(H,28,30). The van der Waals surface area contributed by atoms with Gasteiger partial charge in [0.15, 0.2) is 0 Å². The van der Waals surface area contributed by atoms with Crippen LogP contribution in [0.1, 0.15) is 64.6 Å². The molecule has 0 unspecified atom stereocenters. The molecule has 5 rings (SSSR count). The largest absolute Gasteiger partial charge is 0.490 e. The third kappa shape index (κ3) is 5.39. The lowest BCUT2D eigenvalue weighted by Gasteiger charge is -2.24. The van der Waals surface area contributed by atoms with Gasteiger partial charge in [-0.05, 0) is 43.9 Å². The van der Waals surface area contributed by atoms with Gasteiger partial charge in [-0.15, -0.1) is 11.3 Å². The summed E-state index contributed by atoms with van der Waals surface area (Å²) in [5, 5.41) is 3.88. The summed E-state index contributed by atoms with van der Waals surface area (Å²) in [4.78, 5) is 27.6. The number of aryl methyl sites for hydroxylation is 1. The summed E-state index contributed by atoms with van der Waals surface area (Å²) in [6.07, 6.45) is 10.9. The molecule has 1 aliphatic carbocycles. The van der Waals surface area contributed by atoms with Crippen LogP contribution in [0.3, 0.4) is 0 Å². The maximum absolute atomic E-state index is 13.0. The Morgan fingerprint density at radius 2 is 1.94 bits per heavy atom. The smallest absolute Gasteiger partial charge is 0.251 e. The number of nitrogens with zero attached hydrogens (tertiary/aromatic N) is 3. The molecule has 2 aromatic heterocycles. The second-order valence-electron chi connectivity index (χ2n) is 8.70. The highest BCUT2D eigenvalue weighted by Gasteiger charge is 2.23. The summed E-state index contributed by atoms with van der Waals surface area (Å²) in [5.41, 5.74) is 3.02. The maximum Gasteiger partial charge on any atom is 0.251 e. The van der Waals surface area contributed by atoms with E-state index < -0.39 is 0 Å². The molecule has 3 aromatic rings. The molecule has 172 valence electrons. The van der Waals surface area contributed by atoms with Crippen LogP contribution < -0.4 is 10.1 Å².